The number of nitrogens with two attached hydrogens (primary N) is 1. The molecule has 1 atom stereocenters. The molecule has 0 heterocycles. The second-order valence-electron chi connectivity index (χ2n) is 6.68. The maximum absolute atomic E-state index is 14.2. The highest BCUT2D eigenvalue weighted by Gasteiger charge is 2.16. The standard InChI is InChI=1S/C22H17Cl2F2NO3/c1-11(22(27)29)30-14-9-18(23)17(19(24)10-14)7-12-2-5-21(28)16(6-12)15-4-3-13(25)8-20(15)26/h2-6,8-11,28H,7H2,1H3,(H2,27,29)/t11-/m0/s1. The number of hydrogen-bond donors (Lipinski definition) is 2. The summed E-state index contributed by atoms with van der Waals surface area (Å²) in [5.41, 5.74) is 6.74. The zero-order valence-electron chi connectivity index (χ0n) is 15.8. The van der Waals surface area contributed by atoms with Crippen LogP contribution in [0.5, 0.6) is 11.5 Å². The molecule has 0 saturated heterocycles. The number of hydrogen-bond acceptors (Lipinski definition) is 3. The summed E-state index contributed by atoms with van der Waals surface area (Å²) in [7, 11) is 0. The molecule has 0 spiro atoms. The summed E-state index contributed by atoms with van der Waals surface area (Å²) >= 11 is 12.7. The molecular formula is C22H17Cl2F2NO3. The quantitative estimate of drug-likeness (QED) is 0.520. The van der Waals surface area contributed by atoms with Crippen molar-refractivity contribution in [3.63, 3.8) is 0 Å². The van der Waals surface area contributed by atoms with Crippen LogP contribution < -0.4 is 10.5 Å². The van der Waals surface area contributed by atoms with Gasteiger partial charge in [-0.15, -0.1) is 0 Å². The monoisotopic (exact) mass is 451 g/mol. The van der Waals surface area contributed by atoms with Crippen molar-refractivity contribution in [2.24, 2.45) is 5.73 Å². The summed E-state index contributed by atoms with van der Waals surface area (Å²) < 4.78 is 32.8. The molecule has 3 rings (SSSR count). The molecule has 156 valence electrons. The minimum absolute atomic E-state index is 0.0668. The molecule has 3 aromatic rings. The summed E-state index contributed by atoms with van der Waals surface area (Å²) in [6, 6.07) is 10.8. The Bertz CT molecular complexity index is 1100. The van der Waals surface area contributed by atoms with E-state index in [-0.39, 0.29) is 23.3 Å². The van der Waals surface area contributed by atoms with Crippen molar-refractivity contribution in [3.05, 3.63) is 81.3 Å². The molecule has 0 radical (unpaired) electrons. The van der Waals surface area contributed by atoms with Crippen LogP contribution >= 0.6 is 23.2 Å². The first-order valence-electron chi connectivity index (χ1n) is 8.87. The average Bonchev–Trinajstić information content (AvgIpc) is 2.66. The fourth-order valence-electron chi connectivity index (χ4n) is 2.90. The average molecular weight is 452 g/mol. The van der Waals surface area contributed by atoms with Crippen molar-refractivity contribution < 1.29 is 23.4 Å². The first-order valence-corrected chi connectivity index (χ1v) is 9.62. The van der Waals surface area contributed by atoms with Gasteiger partial charge in [0.05, 0.1) is 0 Å². The van der Waals surface area contributed by atoms with Crippen LogP contribution in [0.25, 0.3) is 11.1 Å². The van der Waals surface area contributed by atoms with Crippen molar-refractivity contribution >= 4 is 29.1 Å². The lowest BCUT2D eigenvalue weighted by Gasteiger charge is -2.15. The predicted octanol–water partition coefficient (Wildman–Crippen LogP) is 5.49. The van der Waals surface area contributed by atoms with Crippen LogP contribution in [0.3, 0.4) is 0 Å². The van der Waals surface area contributed by atoms with E-state index >= 15 is 0 Å². The highest BCUT2D eigenvalue weighted by molar-refractivity contribution is 6.36. The zero-order valence-corrected chi connectivity index (χ0v) is 17.3. The van der Waals surface area contributed by atoms with Gasteiger partial charge < -0.3 is 15.6 Å². The topological polar surface area (TPSA) is 72.6 Å². The Hall–Kier alpha value is -2.83. The lowest BCUT2D eigenvalue weighted by Crippen LogP contribution is -2.30. The Balaban J connectivity index is 1.92. The van der Waals surface area contributed by atoms with Gasteiger partial charge in [0.1, 0.15) is 23.1 Å². The fraction of sp³-hybridized carbons (Fsp3) is 0.136. The fourth-order valence-corrected chi connectivity index (χ4v) is 3.50. The van der Waals surface area contributed by atoms with E-state index in [1.807, 2.05) is 0 Å². The van der Waals surface area contributed by atoms with Gasteiger partial charge in [0.15, 0.2) is 6.10 Å². The SMILES string of the molecule is C[C@H](Oc1cc(Cl)c(Cc2ccc(O)c(-c3ccc(F)cc3F)c2)c(Cl)c1)C(N)=O. The van der Waals surface area contributed by atoms with Gasteiger partial charge >= 0.3 is 0 Å². The number of benzene rings is 3. The Morgan fingerprint density at radius 3 is 2.33 bits per heavy atom. The van der Waals surface area contributed by atoms with E-state index in [1.165, 1.54) is 31.2 Å². The van der Waals surface area contributed by atoms with Crippen molar-refractivity contribution in [1.82, 2.24) is 0 Å². The summed E-state index contributed by atoms with van der Waals surface area (Å²) in [5, 5.41) is 10.8. The van der Waals surface area contributed by atoms with Crippen LogP contribution in [0.1, 0.15) is 18.1 Å². The summed E-state index contributed by atoms with van der Waals surface area (Å²) in [6.45, 7) is 1.50. The van der Waals surface area contributed by atoms with Gasteiger partial charge in [-0.3, -0.25) is 4.79 Å². The summed E-state index contributed by atoms with van der Waals surface area (Å²) in [4.78, 5) is 11.2. The number of amides is 1. The molecule has 0 aromatic heterocycles. The molecule has 0 unspecified atom stereocenters. The van der Waals surface area contributed by atoms with E-state index in [0.717, 1.165) is 12.1 Å². The number of rotatable bonds is 6. The van der Waals surface area contributed by atoms with Crippen LogP contribution in [0.4, 0.5) is 8.78 Å². The van der Waals surface area contributed by atoms with Gasteiger partial charge in [-0.1, -0.05) is 29.3 Å². The van der Waals surface area contributed by atoms with E-state index in [9.17, 15) is 18.7 Å². The third-order valence-electron chi connectivity index (χ3n) is 4.49. The first kappa shape index (κ1) is 21.9. The van der Waals surface area contributed by atoms with Crippen molar-refractivity contribution in [1.29, 1.82) is 0 Å². The minimum Gasteiger partial charge on any atom is -0.507 e. The van der Waals surface area contributed by atoms with E-state index < -0.39 is 23.6 Å². The van der Waals surface area contributed by atoms with Crippen LogP contribution in [-0.2, 0) is 11.2 Å². The van der Waals surface area contributed by atoms with Gasteiger partial charge in [0, 0.05) is 33.7 Å². The molecule has 0 aliphatic rings. The number of ether oxygens (including phenoxy) is 1. The molecule has 8 heteroatoms. The number of carbonyl (C=O) groups excluding carboxylic acids is 1. The largest absolute Gasteiger partial charge is 0.507 e. The number of carbonyl (C=O) groups is 1. The molecule has 3 N–H and O–H groups in total. The van der Waals surface area contributed by atoms with Gasteiger partial charge in [0.2, 0.25) is 0 Å². The third-order valence-corrected chi connectivity index (χ3v) is 5.17. The van der Waals surface area contributed by atoms with E-state index in [4.69, 9.17) is 33.7 Å². The normalized spacial score (nSPS) is 11.9. The zero-order chi connectivity index (χ0) is 22.0. The Kier molecular flexibility index (Phi) is 6.48. The molecule has 3 aromatic carbocycles. The Labute approximate surface area is 181 Å². The second-order valence-corrected chi connectivity index (χ2v) is 7.49. The van der Waals surface area contributed by atoms with E-state index in [0.29, 0.717) is 26.9 Å². The molecular weight excluding hydrogens is 435 g/mol. The highest BCUT2D eigenvalue weighted by atomic mass is 35.5. The summed E-state index contributed by atoms with van der Waals surface area (Å²) in [5.74, 6) is -1.98. The molecule has 4 nitrogen and oxygen atoms in total. The van der Waals surface area contributed by atoms with Crippen molar-refractivity contribution in [3.8, 4) is 22.6 Å². The minimum atomic E-state index is -0.853. The Morgan fingerprint density at radius 2 is 1.73 bits per heavy atom. The number of phenolic OH excluding ortho intramolecular Hbond substituents is 1. The molecule has 0 bridgehead atoms. The van der Waals surface area contributed by atoms with Gasteiger partial charge in [0.25, 0.3) is 5.91 Å². The molecule has 0 aliphatic carbocycles. The van der Waals surface area contributed by atoms with Crippen LogP contribution in [0.2, 0.25) is 10.0 Å². The molecule has 30 heavy (non-hydrogen) atoms. The molecule has 0 saturated carbocycles. The van der Waals surface area contributed by atoms with Crippen molar-refractivity contribution in [2.45, 2.75) is 19.4 Å². The maximum atomic E-state index is 14.2. The highest BCUT2D eigenvalue weighted by Crippen LogP contribution is 2.36. The molecule has 0 aliphatic heterocycles. The van der Waals surface area contributed by atoms with Gasteiger partial charge in [-0.2, -0.15) is 0 Å². The maximum Gasteiger partial charge on any atom is 0.258 e. The lowest BCUT2D eigenvalue weighted by atomic mass is 9.97. The first-order chi connectivity index (χ1) is 14.2. The van der Waals surface area contributed by atoms with Crippen molar-refractivity contribution in [2.75, 3.05) is 0 Å². The van der Waals surface area contributed by atoms with E-state index in [1.54, 1.807) is 12.1 Å². The van der Waals surface area contributed by atoms with Gasteiger partial charge in [-0.05, 0) is 54.4 Å². The Morgan fingerprint density at radius 1 is 1.07 bits per heavy atom. The number of aromatic hydroxyl groups is 1. The third kappa shape index (κ3) is 4.83. The second kappa shape index (κ2) is 8.90. The number of phenols is 1. The van der Waals surface area contributed by atoms with Crippen LogP contribution in [0.15, 0.2) is 48.5 Å². The van der Waals surface area contributed by atoms with E-state index in [2.05, 4.69) is 0 Å². The number of primary amides is 1. The molecule has 0 fully saturated rings. The van der Waals surface area contributed by atoms with Crippen LogP contribution in [-0.4, -0.2) is 17.1 Å². The van der Waals surface area contributed by atoms with Crippen LogP contribution in [0, 0.1) is 11.6 Å². The number of halogens is 4. The smallest absolute Gasteiger partial charge is 0.258 e. The molecule has 1 amide bonds. The predicted molar refractivity (Wildman–Crippen MR) is 112 cm³/mol. The lowest BCUT2D eigenvalue weighted by molar-refractivity contribution is -0.123. The van der Waals surface area contributed by atoms with Gasteiger partial charge in [-0.25, -0.2) is 8.78 Å². The summed E-state index contributed by atoms with van der Waals surface area (Å²) in [6.07, 6.45) is -0.576.